The molecule has 2 saturated heterocycles. The molecule has 1 unspecified atom stereocenters. The van der Waals surface area contributed by atoms with E-state index in [1.807, 2.05) is 19.1 Å². The van der Waals surface area contributed by atoms with Gasteiger partial charge in [0, 0.05) is 25.2 Å². The summed E-state index contributed by atoms with van der Waals surface area (Å²) in [6.07, 6.45) is 2.56. The zero-order valence-corrected chi connectivity index (χ0v) is 14.0. The second-order valence-electron chi connectivity index (χ2n) is 6.39. The van der Waals surface area contributed by atoms with Crippen LogP contribution in [0.5, 0.6) is 0 Å². The van der Waals surface area contributed by atoms with Gasteiger partial charge in [-0.1, -0.05) is 19.1 Å². The van der Waals surface area contributed by atoms with E-state index >= 15 is 0 Å². The van der Waals surface area contributed by atoms with Crippen molar-refractivity contribution in [1.82, 2.24) is 15.1 Å². The van der Waals surface area contributed by atoms with Gasteiger partial charge in [0.1, 0.15) is 12.6 Å². The Balaban J connectivity index is 1.64. The number of nitrogens with zero attached hydrogens (tertiary/aromatic N) is 2. The van der Waals surface area contributed by atoms with Gasteiger partial charge >= 0.3 is 0 Å². The highest BCUT2D eigenvalue weighted by atomic mass is 16.2. The molecule has 2 aliphatic heterocycles. The van der Waals surface area contributed by atoms with Gasteiger partial charge in [-0.3, -0.25) is 14.4 Å². The number of piperazine rings is 1. The van der Waals surface area contributed by atoms with E-state index in [2.05, 4.69) is 5.32 Å². The third-order valence-corrected chi connectivity index (χ3v) is 4.62. The van der Waals surface area contributed by atoms with E-state index in [9.17, 15) is 14.4 Å². The van der Waals surface area contributed by atoms with Crippen LogP contribution in [0.4, 0.5) is 0 Å². The van der Waals surface area contributed by atoms with Gasteiger partial charge in [0.05, 0.1) is 0 Å². The molecule has 6 heteroatoms. The average molecular weight is 329 g/mol. The molecule has 2 aliphatic rings. The van der Waals surface area contributed by atoms with Crippen LogP contribution in [0, 0.1) is 0 Å². The summed E-state index contributed by atoms with van der Waals surface area (Å²) in [6.45, 7) is 3.92. The largest absolute Gasteiger partial charge is 0.352 e. The quantitative estimate of drug-likeness (QED) is 0.881. The third-order valence-electron chi connectivity index (χ3n) is 4.62. The number of carbonyl (C=O) groups is 3. The smallest absolute Gasteiger partial charge is 0.251 e. The van der Waals surface area contributed by atoms with Crippen LogP contribution in [0.2, 0.25) is 0 Å². The number of hydrogen-bond acceptors (Lipinski definition) is 3. The Morgan fingerprint density at radius 2 is 2.00 bits per heavy atom. The molecule has 1 aromatic rings. The van der Waals surface area contributed by atoms with Crippen molar-refractivity contribution in [2.75, 3.05) is 19.6 Å². The SMILES string of the molecule is CCCNC(=O)c1ccc(CN2CC(=O)N3CCCC3C2=O)cc1. The maximum atomic E-state index is 12.5. The second-order valence-corrected chi connectivity index (χ2v) is 6.39. The fourth-order valence-electron chi connectivity index (χ4n) is 3.32. The lowest BCUT2D eigenvalue weighted by Gasteiger charge is -2.36. The van der Waals surface area contributed by atoms with Crippen molar-refractivity contribution in [2.45, 2.75) is 38.8 Å². The van der Waals surface area contributed by atoms with E-state index in [1.54, 1.807) is 21.9 Å². The molecule has 1 N–H and O–H groups in total. The first kappa shape index (κ1) is 16.5. The topological polar surface area (TPSA) is 69.7 Å². The minimum atomic E-state index is -0.273. The first-order valence-corrected chi connectivity index (χ1v) is 8.55. The monoisotopic (exact) mass is 329 g/mol. The Labute approximate surface area is 141 Å². The van der Waals surface area contributed by atoms with Gasteiger partial charge in [-0.05, 0) is 37.0 Å². The summed E-state index contributed by atoms with van der Waals surface area (Å²) in [5.74, 6) is -0.0150. The van der Waals surface area contributed by atoms with Crippen LogP contribution in [0.3, 0.4) is 0 Å². The van der Waals surface area contributed by atoms with Crippen molar-refractivity contribution in [1.29, 1.82) is 0 Å². The molecular weight excluding hydrogens is 306 g/mol. The van der Waals surface area contributed by atoms with Crippen LogP contribution < -0.4 is 5.32 Å². The standard InChI is InChI=1S/C18H23N3O3/c1-2-9-19-17(23)14-7-5-13(6-8-14)11-20-12-16(22)21-10-3-4-15(21)18(20)24/h5-8,15H,2-4,9-12H2,1H3,(H,19,23). The molecule has 0 saturated carbocycles. The predicted molar refractivity (Wildman–Crippen MR) is 89.2 cm³/mol. The van der Waals surface area contributed by atoms with E-state index in [0.717, 1.165) is 24.8 Å². The molecule has 0 spiro atoms. The van der Waals surface area contributed by atoms with Crippen LogP contribution in [-0.4, -0.2) is 53.2 Å². The van der Waals surface area contributed by atoms with Crippen molar-refractivity contribution in [3.63, 3.8) is 0 Å². The van der Waals surface area contributed by atoms with Crippen molar-refractivity contribution >= 4 is 17.7 Å². The van der Waals surface area contributed by atoms with Crippen molar-refractivity contribution in [2.24, 2.45) is 0 Å². The summed E-state index contributed by atoms with van der Waals surface area (Å²) in [4.78, 5) is 39.9. The molecule has 0 aliphatic carbocycles. The molecule has 0 bridgehead atoms. The Bertz CT molecular complexity index is 641. The van der Waals surface area contributed by atoms with Gasteiger partial charge in [0.2, 0.25) is 11.8 Å². The molecule has 2 fully saturated rings. The van der Waals surface area contributed by atoms with Crippen molar-refractivity contribution < 1.29 is 14.4 Å². The molecule has 0 aromatic heterocycles. The van der Waals surface area contributed by atoms with Crippen LogP contribution in [0.25, 0.3) is 0 Å². The van der Waals surface area contributed by atoms with E-state index in [1.165, 1.54) is 0 Å². The van der Waals surface area contributed by atoms with Crippen LogP contribution in [-0.2, 0) is 16.1 Å². The van der Waals surface area contributed by atoms with Crippen LogP contribution in [0.1, 0.15) is 42.1 Å². The van der Waals surface area contributed by atoms with Gasteiger partial charge in [-0.25, -0.2) is 0 Å². The number of fused-ring (bicyclic) bond motifs is 1. The van der Waals surface area contributed by atoms with Crippen LogP contribution in [0.15, 0.2) is 24.3 Å². The zero-order valence-electron chi connectivity index (χ0n) is 14.0. The van der Waals surface area contributed by atoms with Gasteiger partial charge < -0.3 is 15.1 Å². The van der Waals surface area contributed by atoms with E-state index in [4.69, 9.17) is 0 Å². The lowest BCUT2D eigenvalue weighted by atomic mass is 10.1. The number of amides is 3. The van der Waals surface area contributed by atoms with E-state index in [-0.39, 0.29) is 30.3 Å². The van der Waals surface area contributed by atoms with Crippen molar-refractivity contribution in [3.05, 3.63) is 35.4 Å². The predicted octanol–water partition coefficient (Wildman–Crippen LogP) is 1.16. The number of benzene rings is 1. The number of rotatable bonds is 5. The van der Waals surface area contributed by atoms with Gasteiger partial charge in [0.15, 0.2) is 0 Å². The minimum Gasteiger partial charge on any atom is -0.352 e. The lowest BCUT2D eigenvalue weighted by molar-refractivity contribution is -0.154. The van der Waals surface area contributed by atoms with Crippen LogP contribution >= 0.6 is 0 Å². The Morgan fingerprint density at radius 1 is 1.25 bits per heavy atom. The number of nitrogens with one attached hydrogen (secondary N) is 1. The maximum absolute atomic E-state index is 12.5. The summed E-state index contributed by atoms with van der Waals surface area (Å²) in [5, 5.41) is 2.83. The highest BCUT2D eigenvalue weighted by Crippen LogP contribution is 2.24. The molecule has 2 heterocycles. The van der Waals surface area contributed by atoms with Gasteiger partial charge in [0.25, 0.3) is 5.91 Å². The maximum Gasteiger partial charge on any atom is 0.251 e. The average Bonchev–Trinajstić information content (AvgIpc) is 3.08. The summed E-state index contributed by atoms with van der Waals surface area (Å²) >= 11 is 0. The highest BCUT2D eigenvalue weighted by molar-refractivity contribution is 5.95. The summed E-state index contributed by atoms with van der Waals surface area (Å²) in [7, 11) is 0. The summed E-state index contributed by atoms with van der Waals surface area (Å²) < 4.78 is 0. The fourth-order valence-corrected chi connectivity index (χ4v) is 3.32. The third kappa shape index (κ3) is 3.27. The second kappa shape index (κ2) is 7.03. The highest BCUT2D eigenvalue weighted by Gasteiger charge is 2.41. The van der Waals surface area contributed by atoms with Gasteiger partial charge in [-0.15, -0.1) is 0 Å². The lowest BCUT2D eigenvalue weighted by Crippen LogP contribution is -2.56. The number of carbonyl (C=O) groups excluding carboxylic acids is 3. The first-order chi connectivity index (χ1) is 11.6. The van der Waals surface area contributed by atoms with E-state index < -0.39 is 0 Å². The Morgan fingerprint density at radius 3 is 2.71 bits per heavy atom. The molecule has 6 nitrogen and oxygen atoms in total. The molecular formula is C18H23N3O3. The zero-order chi connectivity index (χ0) is 17.1. The normalized spacial score (nSPS) is 20.3. The molecule has 128 valence electrons. The Hall–Kier alpha value is -2.37. The van der Waals surface area contributed by atoms with Gasteiger partial charge in [-0.2, -0.15) is 0 Å². The molecule has 1 atom stereocenters. The van der Waals surface area contributed by atoms with Crippen molar-refractivity contribution in [3.8, 4) is 0 Å². The first-order valence-electron chi connectivity index (χ1n) is 8.55. The minimum absolute atomic E-state index is 0.0349. The molecule has 3 amide bonds. The molecule has 0 radical (unpaired) electrons. The fraction of sp³-hybridized carbons (Fsp3) is 0.500. The molecule has 1 aromatic carbocycles. The number of hydrogen-bond donors (Lipinski definition) is 1. The summed E-state index contributed by atoms with van der Waals surface area (Å²) in [5.41, 5.74) is 1.53. The van der Waals surface area contributed by atoms with E-state index in [0.29, 0.717) is 25.2 Å². The summed E-state index contributed by atoms with van der Waals surface area (Å²) in [6, 6.07) is 6.95. The molecule has 24 heavy (non-hydrogen) atoms. The Kier molecular flexibility index (Phi) is 4.83. The molecule has 3 rings (SSSR count).